The van der Waals surface area contributed by atoms with Gasteiger partial charge in [0.2, 0.25) is 12.2 Å². The third-order valence-electron chi connectivity index (χ3n) is 3.56. The van der Waals surface area contributed by atoms with Gasteiger partial charge in [0, 0.05) is 17.0 Å². The van der Waals surface area contributed by atoms with Crippen molar-refractivity contribution in [3.05, 3.63) is 54.2 Å². The maximum atomic E-state index is 5.99. The normalized spacial score (nSPS) is 12.5. The van der Waals surface area contributed by atoms with Gasteiger partial charge in [-0.1, -0.05) is 41.6 Å². The molecule has 0 aliphatic carbocycles. The molecule has 3 aromatic rings. The summed E-state index contributed by atoms with van der Waals surface area (Å²) in [5, 5.41) is 9.26. The van der Waals surface area contributed by atoms with Gasteiger partial charge in [0.25, 0.3) is 0 Å². The summed E-state index contributed by atoms with van der Waals surface area (Å²) in [4.78, 5) is 3.99. The molecule has 0 saturated heterocycles. The minimum Gasteiger partial charge on any atom is -0.484 e. The predicted octanol–water partition coefficient (Wildman–Crippen LogP) is 3.08. The largest absolute Gasteiger partial charge is 0.484 e. The number of fused-ring (bicyclic) bond motifs is 1. The lowest BCUT2D eigenvalue weighted by molar-refractivity contribution is 0.285. The number of nitrogens with one attached hydrogen (secondary N) is 1. The van der Waals surface area contributed by atoms with E-state index in [9.17, 15) is 0 Å². The maximum Gasteiger partial charge on any atom is 0.213 e. The average Bonchev–Trinajstić information content (AvgIpc) is 3.05. The van der Waals surface area contributed by atoms with Crippen LogP contribution in [-0.2, 0) is 6.61 Å². The lowest BCUT2D eigenvalue weighted by Gasteiger charge is -2.18. The van der Waals surface area contributed by atoms with Crippen molar-refractivity contribution in [1.82, 2.24) is 15.5 Å². The summed E-state index contributed by atoms with van der Waals surface area (Å²) in [7, 11) is 1.93. The Labute approximate surface area is 122 Å². The second-order valence-corrected chi connectivity index (χ2v) is 4.85. The first kappa shape index (κ1) is 13.6. The molecule has 5 nitrogen and oxygen atoms in total. The number of benzene rings is 2. The number of aromatic nitrogens is 2. The Kier molecular flexibility index (Phi) is 3.83. The van der Waals surface area contributed by atoms with Crippen LogP contribution in [0.25, 0.3) is 10.8 Å². The van der Waals surface area contributed by atoms with Crippen molar-refractivity contribution in [1.29, 1.82) is 0 Å². The Bertz CT molecular complexity index is 725. The molecule has 1 N–H and O–H groups in total. The van der Waals surface area contributed by atoms with Crippen LogP contribution in [0.15, 0.2) is 47.3 Å². The fourth-order valence-electron chi connectivity index (χ4n) is 2.31. The van der Waals surface area contributed by atoms with Gasteiger partial charge in [-0.2, -0.15) is 4.98 Å². The molecule has 0 bridgehead atoms. The van der Waals surface area contributed by atoms with Crippen LogP contribution in [0.1, 0.15) is 24.4 Å². The zero-order valence-electron chi connectivity index (χ0n) is 12.0. The minimum absolute atomic E-state index is 0.190. The topological polar surface area (TPSA) is 60.2 Å². The van der Waals surface area contributed by atoms with Crippen LogP contribution >= 0.6 is 0 Å². The fraction of sp³-hybridized carbons (Fsp3) is 0.250. The highest BCUT2D eigenvalue weighted by Crippen LogP contribution is 2.33. The van der Waals surface area contributed by atoms with E-state index >= 15 is 0 Å². The Morgan fingerprint density at radius 2 is 2.10 bits per heavy atom. The summed E-state index contributed by atoms with van der Waals surface area (Å²) in [5.74, 6) is 1.39. The second-order valence-electron chi connectivity index (χ2n) is 4.85. The van der Waals surface area contributed by atoms with Crippen molar-refractivity contribution in [3.63, 3.8) is 0 Å². The molecule has 1 atom stereocenters. The zero-order chi connectivity index (χ0) is 14.7. The number of rotatable bonds is 5. The van der Waals surface area contributed by atoms with Crippen molar-refractivity contribution >= 4 is 10.8 Å². The summed E-state index contributed by atoms with van der Waals surface area (Å²) in [5.41, 5.74) is 1.11. The van der Waals surface area contributed by atoms with E-state index in [1.807, 2.05) is 19.2 Å². The molecule has 1 unspecified atom stereocenters. The number of nitrogens with zero attached hydrogens (tertiary/aromatic N) is 2. The summed E-state index contributed by atoms with van der Waals surface area (Å²) < 4.78 is 10.7. The highest BCUT2D eigenvalue weighted by atomic mass is 16.5. The van der Waals surface area contributed by atoms with E-state index in [1.54, 1.807) is 0 Å². The summed E-state index contributed by atoms with van der Waals surface area (Å²) in [6, 6.07) is 12.6. The molecule has 0 aliphatic heterocycles. The van der Waals surface area contributed by atoms with Crippen LogP contribution in [-0.4, -0.2) is 17.2 Å². The van der Waals surface area contributed by atoms with E-state index in [-0.39, 0.29) is 12.6 Å². The first-order valence-electron chi connectivity index (χ1n) is 6.86. The van der Waals surface area contributed by atoms with Crippen molar-refractivity contribution in [2.24, 2.45) is 0 Å². The van der Waals surface area contributed by atoms with Crippen molar-refractivity contribution in [3.8, 4) is 5.75 Å². The molecule has 0 spiro atoms. The zero-order valence-corrected chi connectivity index (χ0v) is 12.0. The summed E-state index contributed by atoms with van der Waals surface area (Å²) >= 11 is 0. The molecule has 0 fully saturated rings. The van der Waals surface area contributed by atoms with E-state index in [0.29, 0.717) is 5.82 Å². The van der Waals surface area contributed by atoms with E-state index in [2.05, 4.69) is 46.6 Å². The first-order chi connectivity index (χ1) is 10.3. The Hall–Kier alpha value is -2.40. The fourth-order valence-corrected chi connectivity index (χ4v) is 2.31. The van der Waals surface area contributed by atoms with E-state index in [4.69, 9.17) is 9.26 Å². The molecular formula is C16H17N3O2. The summed E-state index contributed by atoms with van der Waals surface area (Å²) in [6.07, 6.45) is 1.30. The van der Waals surface area contributed by atoms with Crippen LogP contribution in [0.3, 0.4) is 0 Å². The van der Waals surface area contributed by atoms with Crippen LogP contribution in [0.5, 0.6) is 5.75 Å². The van der Waals surface area contributed by atoms with Gasteiger partial charge in [0.05, 0.1) is 0 Å². The maximum absolute atomic E-state index is 5.99. The molecule has 0 saturated carbocycles. The van der Waals surface area contributed by atoms with Gasteiger partial charge in [-0.15, -0.1) is 0 Å². The monoisotopic (exact) mass is 283 g/mol. The van der Waals surface area contributed by atoms with E-state index < -0.39 is 0 Å². The molecule has 1 aromatic heterocycles. The Morgan fingerprint density at radius 3 is 2.86 bits per heavy atom. The molecule has 0 amide bonds. The van der Waals surface area contributed by atoms with Crippen LogP contribution in [0.4, 0.5) is 0 Å². The molecule has 3 rings (SSSR count). The molecule has 0 aliphatic rings. The average molecular weight is 283 g/mol. The molecule has 1 heterocycles. The number of hydrogen-bond donors (Lipinski definition) is 1. The van der Waals surface area contributed by atoms with Gasteiger partial charge >= 0.3 is 0 Å². The van der Waals surface area contributed by atoms with Crippen LogP contribution in [0, 0.1) is 0 Å². The molecule has 21 heavy (non-hydrogen) atoms. The molecule has 2 aromatic carbocycles. The van der Waals surface area contributed by atoms with Gasteiger partial charge in [-0.05, 0) is 19.4 Å². The van der Waals surface area contributed by atoms with Crippen molar-refractivity contribution in [2.45, 2.75) is 19.6 Å². The SMILES string of the molecule is CNC(C)c1ccc2ccccc2c1OCc1ncon1. The minimum atomic E-state index is 0.190. The number of hydrogen-bond acceptors (Lipinski definition) is 5. The van der Waals surface area contributed by atoms with Gasteiger partial charge in [-0.3, -0.25) is 0 Å². The predicted molar refractivity (Wildman–Crippen MR) is 80.1 cm³/mol. The quantitative estimate of drug-likeness (QED) is 0.779. The van der Waals surface area contributed by atoms with Crippen LogP contribution < -0.4 is 10.1 Å². The lowest BCUT2D eigenvalue weighted by Crippen LogP contribution is -2.14. The van der Waals surface area contributed by atoms with Gasteiger partial charge < -0.3 is 14.6 Å². The van der Waals surface area contributed by atoms with Crippen LogP contribution in [0.2, 0.25) is 0 Å². The Balaban J connectivity index is 2.02. The molecule has 0 radical (unpaired) electrons. The Morgan fingerprint density at radius 1 is 1.24 bits per heavy atom. The first-order valence-corrected chi connectivity index (χ1v) is 6.86. The van der Waals surface area contributed by atoms with Crippen molar-refractivity contribution < 1.29 is 9.26 Å². The number of ether oxygens (including phenoxy) is 1. The lowest BCUT2D eigenvalue weighted by atomic mass is 10.0. The third-order valence-corrected chi connectivity index (χ3v) is 3.56. The molecule has 108 valence electrons. The van der Waals surface area contributed by atoms with Gasteiger partial charge in [-0.25, -0.2) is 0 Å². The molecular weight excluding hydrogens is 266 g/mol. The smallest absolute Gasteiger partial charge is 0.213 e. The highest BCUT2D eigenvalue weighted by molar-refractivity contribution is 5.89. The van der Waals surface area contributed by atoms with Gasteiger partial charge in [0.1, 0.15) is 5.75 Å². The standard InChI is InChI=1S/C16H17N3O2/c1-11(17-2)13-8-7-12-5-3-4-6-14(12)16(13)20-9-15-18-10-21-19-15/h3-8,10-11,17H,9H2,1-2H3. The molecule has 5 heteroatoms. The van der Waals surface area contributed by atoms with E-state index in [0.717, 1.165) is 22.1 Å². The highest BCUT2D eigenvalue weighted by Gasteiger charge is 2.14. The van der Waals surface area contributed by atoms with Crippen molar-refractivity contribution in [2.75, 3.05) is 7.05 Å². The summed E-state index contributed by atoms with van der Waals surface area (Å²) in [6.45, 7) is 2.39. The third kappa shape index (κ3) is 2.73. The van der Waals surface area contributed by atoms with Gasteiger partial charge in [0.15, 0.2) is 6.61 Å². The second kappa shape index (κ2) is 5.93. The van der Waals surface area contributed by atoms with E-state index in [1.165, 1.54) is 6.39 Å².